The monoisotopic (exact) mass is 324 g/mol. The number of aromatic nitrogens is 1. The van der Waals surface area contributed by atoms with Crippen molar-refractivity contribution >= 4 is 17.6 Å². The highest BCUT2D eigenvalue weighted by atomic mass is 16.5. The lowest BCUT2D eigenvalue weighted by atomic mass is 9.88. The molecule has 3 rings (SSSR count). The van der Waals surface area contributed by atoms with E-state index in [0.717, 1.165) is 30.4 Å². The summed E-state index contributed by atoms with van der Waals surface area (Å²) in [6.45, 7) is 0. The van der Waals surface area contributed by atoms with Crippen molar-refractivity contribution in [2.24, 2.45) is 11.8 Å². The minimum atomic E-state index is -0.316. The first-order chi connectivity index (χ1) is 11.6. The Morgan fingerprint density at radius 1 is 1.04 bits per heavy atom. The molecular formula is C19H20N2O3. The van der Waals surface area contributed by atoms with E-state index in [1.165, 1.54) is 7.11 Å². The Hall–Kier alpha value is -2.69. The van der Waals surface area contributed by atoms with E-state index in [2.05, 4.69) is 4.98 Å². The Bertz CT molecular complexity index is 738. The Balaban J connectivity index is 1.79. The number of nitrogen functional groups attached to an aromatic ring is 1. The molecule has 5 nitrogen and oxygen atoms in total. The molecule has 0 radical (unpaired) electrons. The van der Waals surface area contributed by atoms with Crippen LogP contribution in [0, 0.1) is 11.8 Å². The van der Waals surface area contributed by atoms with Gasteiger partial charge in [0.25, 0.3) is 0 Å². The van der Waals surface area contributed by atoms with Crippen molar-refractivity contribution in [3.63, 3.8) is 0 Å². The number of Topliss-reactive ketones (excluding diaryl/α,β-unsaturated/α-hetero) is 1. The summed E-state index contributed by atoms with van der Waals surface area (Å²) in [5.41, 5.74) is 8.13. The number of nitrogens with zero attached hydrogens (tertiary/aromatic N) is 1. The summed E-state index contributed by atoms with van der Waals surface area (Å²) in [5, 5.41) is 0. The SMILES string of the molecule is COC(=O)[C@@H]1CCC[C@H]1C(=O)c1ccc(-c2ccc(N)nc2)cc1. The number of hydrogen-bond acceptors (Lipinski definition) is 5. The van der Waals surface area contributed by atoms with E-state index < -0.39 is 0 Å². The molecule has 0 amide bonds. The minimum Gasteiger partial charge on any atom is -0.469 e. The first-order valence-electron chi connectivity index (χ1n) is 8.04. The summed E-state index contributed by atoms with van der Waals surface area (Å²) in [5.74, 6) is -0.383. The van der Waals surface area contributed by atoms with Crippen LogP contribution in [0.15, 0.2) is 42.6 Å². The maximum absolute atomic E-state index is 12.7. The van der Waals surface area contributed by atoms with Crippen LogP contribution < -0.4 is 5.73 Å². The standard InChI is InChI=1S/C19H20N2O3/c1-24-19(23)16-4-2-3-15(16)18(22)13-7-5-12(6-8-13)14-9-10-17(20)21-11-14/h5-11,15-16H,2-4H2,1H3,(H2,20,21)/t15-,16-/m1/s1. The zero-order chi connectivity index (χ0) is 17.1. The van der Waals surface area contributed by atoms with Crippen LogP contribution in [0.5, 0.6) is 0 Å². The fourth-order valence-corrected chi connectivity index (χ4v) is 3.32. The number of carbonyl (C=O) groups is 2. The number of methoxy groups -OCH3 is 1. The molecule has 1 fully saturated rings. The second-order valence-corrected chi connectivity index (χ2v) is 6.08. The van der Waals surface area contributed by atoms with Crippen LogP contribution in [0.1, 0.15) is 29.6 Å². The predicted molar refractivity (Wildman–Crippen MR) is 91.3 cm³/mol. The highest BCUT2D eigenvalue weighted by Gasteiger charge is 2.38. The van der Waals surface area contributed by atoms with Gasteiger partial charge in [0, 0.05) is 23.2 Å². The van der Waals surface area contributed by atoms with E-state index in [1.807, 2.05) is 18.2 Å². The van der Waals surface area contributed by atoms with Crippen molar-refractivity contribution in [1.29, 1.82) is 0 Å². The number of rotatable bonds is 4. The predicted octanol–water partition coefficient (Wildman–Crippen LogP) is 3.10. The molecule has 24 heavy (non-hydrogen) atoms. The van der Waals surface area contributed by atoms with Gasteiger partial charge in [-0.15, -0.1) is 0 Å². The number of esters is 1. The number of carbonyl (C=O) groups excluding carboxylic acids is 2. The Labute approximate surface area is 140 Å². The van der Waals surface area contributed by atoms with Gasteiger partial charge in [0.05, 0.1) is 13.0 Å². The molecule has 1 aliphatic carbocycles. The maximum Gasteiger partial charge on any atom is 0.309 e. The molecule has 0 aliphatic heterocycles. The van der Waals surface area contributed by atoms with Gasteiger partial charge in [-0.2, -0.15) is 0 Å². The van der Waals surface area contributed by atoms with Crippen LogP contribution in [-0.4, -0.2) is 23.8 Å². The van der Waals surface area contributed by atoms with Crippen molar-refractivity contribution in [3.05, 3.63) is 48.2 Å². The van der Waals surface area contributed by atoms with E-state index in [9.17, 15) is 9.59 Å². The second kappa shape index (κ2) is 6.83. The molecule has 1 heterocycles. The Morgan fingerprint density at radius 2 is 1.71 bits per heavy atom. The Kier molecular flexibility index (Phi) is 4.60. The summed E-state index contributed by atoms with van der Waals surface area (Å²) in [4.78, 5) is 28.6. The van der Waals surface area contributed by atoms with Gasteiger partial charge >= 0.3 is 5.97 Å². The third kappa shape index (κ3) is 3.15. The van der Waals surface area contributed by atoms with Gasteiger partial charge in [0.1, 0.15) is 5.82 Å². The quantitative estimate of drug-likeness (QED) is 0.690. The lowest BCUT2D eigenvalue weighted by Crippen LogP contribution is -2.26. The molecule has 1 aromatic carbocycles. The number of hydrogen-bond donors (Lipinski definition) is 1. The highest BCUT2D eigenvalue weighted by molar-refractivity contribution is 6.00. The molecular weight excluding hydrogens is 304 g/mol. The second-order valence-electron chi connectivity index (χ2n) is 6.08. The van der Waals surface area contributed by atoms with E-state index in [-0.39, 0.29) is 23.6 Å². The highest BCUT2D eigenvalue weighted by Crippen LogP contribution is 2.35. The molecule has 0 spiro atoms. The van der Waals surface area contributed by atoms with Crippen LogP contribution in [0.25, 0.3) is 11.1 Å². The van der Waals surface area contributed by atoms with Crippen molar-refractivity contribution in [1.82, 2.24) is 4.98 Å². The van der Waals surface area contributed by atoms with E-state index in [0.29, 0.717) is 11.4 Å². The summed E-state index contributed by atoms with van der Waals surface area (Å²) >= 11 is 0. The largest absolute Gasteiger partial charge is 0.469 e. The van der Waals surface area contributed by atoms with Gasteiger partial charge in [-0.05, 0) is 30.5 Å². The molecule has 2 atom stereocenters. The van der Waals surface area contributed by atoms with Crippen molar-refractivity contribution in [3.8, 4) is 11.1 Å². The number of benzene rings is 1. The molecule has 0 unspecified atom stereocenters. The van der Waals surface area contributed by atoms with Crippen LogP contribution in [0.2, 0.25) is 0 Å². The summed E-state index contributed by atoms with van der Waals surface area (Å²) in [6, 6.07) is 11.0. The third-order valence-electron chi connectivity index (χ3n) is 4.65. The van der Waals surface area contributed by atoms with E-state index in [1.54, 1.807) is 24.4 Å². The molecule has 124 valence electrons. The van der Waals surface area contributed by atoms with Crippen molar-refractivity contribution in [2.75, 3.05) is 12.8 Å². The molecule has 1 aromatic heterocycles. The van der Waals surface area contributed by atoms with Crippen LogP contribution in [0.4, 0.5) is 5.82 Å². The number of ether oxygens (including phenoxy) is 1. The summed E-state index contributed by atoms with van der Waals surface area (Å²) in [7, 11) is 1.37. The molecule has 1 aliphatic rings. The molecule has 0 saturated heterocycles. The van der Waals surface area contributed by atoms with Gasteiger partial charge in [0.2, 0.25) is 0 Å². The van der Waals surface area contributed by atoms with Gasteiger partial charge in [-0.25, -0.2) is 4.98 Å². The fraction of sp³-hybridized carbons (Fsp3) is 0.316. The van der Waals surface area contributed by atoms with Crippen LogP contribution in [-0.2, 0) is 9.53 Å². The van der Waals surface area contributed by atoms with Gasteiger partial charge in [0.15, 0.2) is 5.78 Å². The fourth-order valence-electron chi connectivity index (χ4n) is 3.32. The molecule has 2 N–H and O–H groups in total. The molecule has 2 aromatic rings. The first-order valence-corrected chi connectivity index (χ1v) is 8.04. The van der Waals surface area contributed by atoms with Gasteiger partial charge in [-0.3, -0.25) is 9.59 Å². The zero-order valence-electron chi connectivity index (χ0n) is 13.6. The average Bonchev–Trinajstić information content (AvgIpc) is 3.11. The first kappa shape index (κ1) is 16.2. The summed E-state index contributed by atoms with van der Waals surface area (Å²) < 4.78 is 4.83. The molecule has 0 bridgehead atoms. The number of ketones is 1. The van der Waals surface area contributed by atoms with Gasteiger partial charge < -0.3 is 10.5 Å². The topological polar surface area (TPSA) is 82.3 Å². The summed E-state index contributed by atoms with van der Waals surface area (Å²) in [6.07, 6.45) is 4.04. The lowest BCUT2D eigenvalue weighted by molar-refractivity contribution is -0.146. The van der Waals surface area contributed by atoms with E-state index >= 15 is 0 Å². The molecule has 5 heteroatoms. The number of nitrogens with two attached hydrogens (primary N) is 1. The lowest BCUT2D eigenvalue weighted by Gasteiger charge is -2.16. The average molecular weight is 324 g/mol. The van der Waals surface area contributed by atoms with Crippen molar-refractivity contribution < 1.29 is 14.3 Å². The van der Waals surface area contributed by atoms with E-state index in [4.69, 9.17) is 10.5 Å². The molecule has 1 saturated carbocycles. The van der Waals surface area contributed by atoms with Crippen LogP contribution >= 0.6 is 0 Å². The zero-order valence-corrected chi connectivity index (χ0v) is 13.6. The smallest absolute Gasteiger partial charge is 0.309 e. The van der Waals surface area contributed by atoms with Gasteiger partial charge in [-0.1, -0.05) is 30.7 Å². The third-order valence-corrected chi connectivity index (χ3v) is 4.65. The number of anilines is 1. The van der Waals surface area contributed by atoms with Crippen molar-refractivity contribution in [2.45, 2.75) is 19.3 Å². The maximum atomic E-state index is 12.7. The normalized spacial score (nSPS) is 19.9. The Morgan fingerprint density at radius 3 is 2.33 bits per heavy atom. The minimum absolute atomic E-state index is 0.0184. The number of pyridine rings is 1. The van der Waals surface area contributed by atoms with Crippen LogP contribution in [0.3, 0.4) is 0 Å².